The fourth-order valence-electron chi connectivity index (χ4n) is 17.1. The summed E-state index contributed by atoms with van der Waals surface area (Å²) in [6, 6.07) is 58.9. The maximum absolute atomic E-state index is 14.0. The highest BCUT2D eigenvalue weighted by atomic mass is 79.9. The van der Waals surface area contributed by atoms with Crippen molar-refractivity contribution in [2.24, 2.45) is 0 Å². The number of halogens is 4. The molecule has 28 heteroatoms. The number of nitrogens with one attached hydrogen (secondary N) is 1. The maximum atomic E-state index is 14.0. The number of imidazole rings is 3. The molecule has 6 aliphatic rings. The molecule has 0 unspecified atom stereocenters. The summed E-state index contributed by atoms with van der Waals surface area (Å²) in [5, 5.41) is 21.1. The summed E-state index contributed by atoms with van der Waals surface area (Å²) in [7, 11) is -3.77. The van der Waals surface area contributed by atoms with Gasteiger partial charge in [-0.15, -0.1) is 0 Å². The van der Waals surface area contributed by atoms with Gasteiger partial charge in [-0.3, -0.25) is 27.2 Å². The van der Waals surface area contributed by atoms with Crippen LogP contribution in [0, 0.1) is 24.4 Å². The highest BCUT2D eigenvalue weighted by Crippen LogP contribution is 2.41. The highest BCUT2D eigenvalue weighted by molar-refractivity contribution is 9.09. The number of pyridine rings is 6. The Morgan fingerprint density at radius 3 is 1.16 bits per heavy atom. The van der Waals surface area contributed by atoms with Crippen LogP contribution in [0.2, 0.25) is 0 Å². The second kappa shape index (κ2) is 38.1. The molecule has 4 aromatic carbocycles. The van der Waals surface area contributed by atoms with Gasteiger partial charge in [-0.05, 0) is 183 Å². The molecule has 6 fully saturated rings. The first-order valence-electron chi connectivity index (χ1n) is 41.3. The van der Waals surface area contributed by atoms with Gasteiger partial charge >= 0.3 is 0 Å². The molecule has 0 amide bonds. The number of rotatable bonds is 20. The molecule has 15 heterocycles. The minimum atomic E-state index is -3.77. The van der Waals surface area contributed by atoms with Crippen LogP contribution in [0.3, 0.4) is 0 Å². The van der Waals surface area contributed by atoms with Gasteiger partial charge in [0.15, 0.2) is 0 Å². The van der Waals surface area contributed by atoms with Gasteiger partial charge in [-0.1, -0.05) is 88.2 Å². The molecule has 13 aromatic rings. The summed E-state index contributed by atoms with van der Waals surface area (Å²) in [6.45, 7) is 17.1. The van der Waals surface area contributed by atoms with Crippen LogP contribution in [0.15, 0.2) is 230 Å². The largest absolute Gasteiger partial charge is 0.396 e. The van der Waals surface area contributed by atoms with E-state index in [1.807, 2.05) is 86.2 Å². The molecular weight excluding hydrogens is 1590 g/mol. The first-order chi connectivity index (χ1) is 58.2. The predicted octanol–water partition coefficient (Wildman–Crippen LogP) is 14.4. The number of aliphatic hydroxyl groups is 2. The second-order valence-electron chi connectivity index (χ2n) is 30.8. The number of hydrogen-bond donors (Lipinski definition) is 3. The van der Waals surface area contributed by atoms with E-state index in [0.717, 1.165) is 251 Å². The van der Waals surface area contributed by atoms with Crippen molar-refractivity contribution < 1.29 is 36.0 Å². The zero-order chi connectivity index (χ0) is 81.8. The molecule has 0 spiro atoms. The molecule has 9 aromatic heterocycles. The normalized spacial score (nSPS) is 18.0. The molecule has 0 radical (unpaired) electrons. The van der Waals surface area contributed by atoms with Crippen LogP contribution in [-0.2, 0) is 14.3 Å². The highest BCUT2D eigenvalue weighted by Gasteiger charge is 2.32. The number of anilines is 6. The molecule has 618 valence electrons. The van der Waals surface area contributed by atoms with E-state index in [-0.39, 0.29) is 60.3 Å². The van der Waals surface area contributed by atoms with Crippen molar-refractivity contribution in [1.82, 2.24) is 58.2 Å². The molecule has 0 aliphatic carbocycles. The molecule has 23 nitrogen and oxygen atoms in total. The van der Waals surface area contributed by atoms with Gasteiger partial charge in [0.25, 0.3) is 10.1 Å². The molecule has 6 saturated heterocycles. The number of benzene rings is 4. The van der Waals surface area contributed by atoms with E-state index >= 15 is 0 Å². The number of hydrogen-bond acceptors (Lipinski definition) is 20. The van der Waals surface area contributed by atoms with E-state index in [2.05, 4.69) is 156 Å². The number of β-amino-alcohol motifs (C(OH)–C–C–N with tert-alkyl or cyclic N) is 1. The summed E-state index contributed by atoms with van der Waals surface area (Å²) in [4.78, 5) is 47.6. The van der Waals surface area contributed by atoms with Crippen LogP contribution in [0.1, 0.15) is 78.9 Å². The van der Waals surface area contributed by atoms with Crippen LogP contribution < -0.4 is 34.7 Å². The zero-order valence-corrected chi connectivity index (χ0v) is 69.2. The van der Waals surface area contributed by atoms with Gasteiger partial charge < -0.3 is 44.9 Å². The zero-order valence-electron chi connectivity index (χ0n) is 66.8. The summed E-state index contributed by atoms with van der Waals surface area (Å²) in [6.07, 6.45) is 18.3. The van der Waals surface area contributed by atoms with Gasteiger partial charge in [0, 0.05) is 135 Å². The number of piperazine rings is 3. The van der Waals surface area contributed by atoms with Crippen molar-refractivity contribution in [2.75, 3.05) is 166 Å². The molecule has 6 aliphatic heterocycles. The van der Waals surface area contributed by atoms with E-state index in [1.165, 1.54) is 18.2 Å². The fraction of sp³-hybridized carbons (Fsp3) is 0.341. The lowest BCUT2D eigenvalue weighted by molar-refractivity contribution is 0.188. The van der Waals surface area contributed by atoms with E-state index in [9.17, 15) is 26.7 Å². The Morgan fingerprint density at radius 2 is 0.798 bits per heavy atom. The summed E-state index contributed by atoms with van der Waals surface area (Å²) < 4.78 is 78.5. The molecule has 3 atom stereocenters. The first-order valence-corrected chi connectivity index (χ1v) is 43.8. The van der Waals surface area contributed by atoms with Crippen LogP contribution in [-0.4, -0.2) is 208 Å². The lowest BCUT2D eigenvalue weighted by atomic mass is 10.0. The van der Waals surface area contributed by atoms with Crippen molar-refractivity contribution >= 4 is 77.5 Å². The Balaban J connectivity index is 0.000000132. The smallest absolute Gasteiger partial charge is 0.297 e. The predicted molar refractivity (Wildman–Crippen MR) is 467 cm³/mol. The quantitative estimate of drug-likeness (QED) is 0.0478. The number of aromatic nitrogens is 9. The molecule has 119 heavy (non-hydrogen) atoms. The fourth-order valence-corrected chi connectivity index (χ4v) is 18.0. The van der Waals surface area contributed by atoms with Gasteiger partial charge in [-0.25, -0.2) is 43.1 Å². The van der Waals surface area contributed by atoms with Gasteiger partial charge in [0.1, 0.15) is 51.8 Å². The monoisotopic (exact) mass is 1690 g/mol. The third kappa shape index (κ3) is 19.3. The Bertz CT molecular complexity index is 5700. The van der Waals surface area contributed by atoms with Crippen molar-refractivity contribution in [3.05, 3.63) is 265 Å². The van der Waals surface area contributed by atoms with Crippen molar-refractivity contribution in [2.45, 2.75) is 68.5 Å². The minimum Gasteiger partial charge on any atom is -0.396 e. The summed E-state index contributed by atoms with van der Waals surface area (Å²) in [5.41, 5.74) is 15.4. The Hall–Kier alpha value is -10.8. The van der Waals surface area contributed by atoms with Gasteiger partial charge in [0.2, 0.25) is 0 Å². The Morgan fingerprint density at radius 1 is 0.437 bits per heavy atom. The number of nitrogens with zero attached hydrogens (tertiary/aromatic N) is 17. The molecular formula is C91H100BrF3N18O5S. The van der Waals surface area contributed by atoms with Crippen LogP contribution >= 0.6 is 15.9 Å². The maximum Gasteiger partial charge on any atom is 0.297 e. The standard InChI is InChI=1S/C35H37FN6O3S.C28H31FN6O.C26H27FN6.C2H5BrO/c1-26-10-13-30(14-11-26)46(43,44)45-22-21-39-17-19-40(20-18-39)35-9-3-7-31(38-35)33-24-37-34-15-12-29(25-42(33)34)41-16-4-8-32(41)27-5-2-6-28(36)23-27;29-22-5-1-4-21(18-22)25-7-3-11-34(25)23-9-10-27-30-19-26(35(27)20-23)24-6-2-8-28(31-24)33-14-12-32(13-15-33)16-17-36;27-20-5-1-4-19(16-20)23-7-3-13-32(23)21-9-10-25-29-17-24(33(25)18-21)22-6-2-8-26(30-22)31-14-11-28-12-15-31;3-1-2-4/h2-3,5-7,9-15,23-25,32H,4,8,16-22H2,1H3;1-2,4-6,8-10,18-20,25,36H,3,7,11-17H2;1-2,4-6,8-10,16-18,23,28H,3,7,11-15H2;4H,1-2H2/t32-;25-;23-;/m111./s1. The van der Waals surface area contributed by atoms with Gasteiger partial charge in [-0.2, -0.15) is 8.42 Å². The summed E-state index contributed by atoms with van der Waals surface area (Å²) >= 11 is 3.00. The van der Waals surface area contributed by atoms with Crippen molar-refractivity contribution in [3.63, 3.8) is 0 Å². The topological polar surface area (TPSA) is 212 Å². The number of aryl methyl sites for hydroxylation is 1. The van der Waals surface area contributed by atoms with E-state index in [0.29, 0.717) is 11.9 Å². The average Bonchev–Trinajstić information content (AvgIpc) is 1.62. The van der Waals surface area contributed by atoms with E-state index < -0.39 is 10.1 Å². The van der Waals surface area contributed by atoms with Crippen molar-refractivity contribution in [1.29, 1.82) is 0 Å². The average molecular weight is 1690 g/mol. The first kappa shape index (κ1) is 81.9. The van der Waals surface area contributed by atoms with E-state index in [4.69, 9.17) is 24.2 Å². The third-order valence-electron chi connectivity index (χ3n) is 23.2. The molecule has 0 bridgehead atoms. The van der Waals surface area contributed by atoms with E-state index in [1.54, 1.807) is 60.7 Å². The molecule has 0 saturated carbocycles. The van der Waals surface area contributed by atoms with Gasteiger partial charge in [0.05, 0.1) is 113 Å². The lowest BCUT2D eigenvalue weighted by Gasteiger charge is -2.35. The lowest BCUT2D eigenvalue weighted by Crippen LogP contribution is -2.47. The van der Waals surface area contributed by atoms with Crippen LogP contribution in [0.25, 0.3) is 51.1 Å². The number of aliphatic hydroxyl groups excluding tert-OH is 2. The number of fused-ring (bicyclic) bond motifs is 3. The van der Waals surface area contributed by atoms with Crippen LogP contribution in [0.4, 0.5) is 47.7 Å². The van der Waals surface area contributed by atoms with Crippen molar-refractivity contribution in [3.8, 4) is 34.2 Å². The van der Waals surface area contributed by atoms with Crippen LogP contribution in [0.5, 0.6) is 0 Å². The summed E-state index contributed by atoms with van der Waals surface area (Å²) in [5.74, 6) is 2.29. The SMILES string of the molecule is Cc1ccc(S(=O)(=O)OCCN2CCN(c3cccc(-c4cnc5ccc(N6CCC[C@@H]6c6cccc(F)c6)cn45)n3)CC2)cc1.Fc1cccc([C@H]2CCCN2c2ccc3ncc(-c4cccc(N5CCNCC5)n4)n3c2)c1.OCCBr.OCCN1CCN(c2cccc(-c3cnc4ccc(N5CCC[C@@H]5c5cccc(F)c5)cn34)n2)CC1. The Kier molecular flexibility index (Phi) is 26.2. The minimum absolute atomic E-state index is 0.112. The molecule has 3 N–H and O–H groups in total. The third-order valence-corrected chi connectivity index (χ3v) is 24.9. The molecule has 19 rings (SSSR count). The Labute approximate surface area is 700 Å². The second-order valence-corrected chi connectivity index (χ2v) is 33.2. The number of alkyl halides is 1.